The van der Waals surface area contributed by atoms with E-state index in [4.69, 9.17) is 5.26 Å². The summed E-state index contributed by atoms with van der Waals surface area (Å²) in [6.45, 7) is 0. The summed E-state index contributed by atoms with van der Waals surface area (Å²) in [6, 6.07) is 15.3. The Balaban J connectivity index is 1.95. The van der Waals surface area contributed by atoms with Gasteiger partial charge in [-0.3, -0.25) is 10.1 Å². The van der Waals surface area contributed by atoms with Crippen molar-refractivity contribution in [3.8, 4) is 28.6 Å². The number of aromatic amines is 1. The Morgan fingerprint density at radius 1 is 0.947 bits per heavy atom. The zero-order chi connectivity index (χ0) is 13.1. The van der Waals surface area contributed by atoms with Crippen LogP contribution in [-0.2, 0) is 0 Å². The molecule has 4 heteroatoms. The summed E-state index contributed by atoms with van der Waals surface area (Å²) in [6.07, 6.45) is 3.50. The number of aromatic nitrogens is 3. The molecule has 0 radical (unpaired) electrons. The molecule has 2 heterocycles. The Hall–Kier alpha value is -2.93. The van der Waals surface area contributed by atoms with Crippen LogP contribution in [0.5, 0.6) is 0 Å². The molecule has 0 aliphatic carbocycles. The first-order chi connectivity index (χ1) is 9.36. The molecule has 0 fully saturated rings. The van der Waals surface area contributed by atoms with E-state index in [0.717, 1.165) is 22.5 Å². The Morgan fingerprint density at radius 3 is 2.37 bits per heavy atom. The first kappa shape index (κ1) is 11.2. The molecule has 0 unspecified atom stereocenters. The van der Waals surface area contributed by atoms with Gasteiger partial charge >= 0.3 is 0 Å². The average Bonchev–Trinajstić information content (AvgIpc) is 2.98. The molecule has 0 saturated heterocycles. The van der Waals surface area contributed by atoms with E-state index in [9.17, 15) is 0 Å². The number of rotatable bonds is 2. The van der Waals surface area contributed by atoms with E-state index in [1.165, 1.54) is 0 Å². The summed E-state index contributed by atoms with van der Waals surface area (Å²) in [5, 5.41) is 16.1. The highest BCUT2D eigenvalue weighted by Crippen LogP contribution is 2.23. The smallest absolute Gasteiger partial charge is 0.0991 e. The minimum atomic E-state index is 0.647. The minimum absolute atomic E-state index is 0.647. The highest BCUT2D eigenvalue weighted by molar-refractivity contribution is 5.68. The van der Waals surface area contributed by atoms with Crippen LogP contribution in [0.25, 0.3) is 22.5 Å². The van der Waals surface area contributed by atoms with Gasteiger partial charge in [0, 0.05) is 23.5 Å². The minimum Gasteiger partial charge on any atom is -0.277 e. The summed E-state index contributed by atoms with van der Waals surface area (Å²) in [4.78, 5) is 3.99. The molecule has 2 aromatic heterocycles. The standard InChI is InChI=1S/C15H10N4/c16-10-11-1-3-12(4-2-11)14-9-15(19-18-14)13-5-7-17-8-6-13/h1-9H,(H,18,19). The Kier molecular flexibility index (Phi) is 2.79. The van der Waals surface area contributed by atoms with Crippen molar-refractivity contribution >= 4 is 0 Å². The van der Waals surface area contributed by atoms with Crippen LogP contribution in [0.15, 0.2) is 54.9 Å². The summed E-state index contributed by atoms with van der Waals surface area (Å²) in [5.41, 5.74) is 4.48. The third-order valence-electron chi connectivity index (χ3n) is 2.88. The van der Waals surface area contributed by atoms with Crippen molar-refractivity contribution in [2.75, 3.05) is 0 Å². The number of nitrogens with zero attached hydrogens (tertiary/aromatic N) is 3. The van der Waals surface area contributed by atoms with Crippen LogP contribution in [0.1, 0.15) is 5.56 Å². The van der Waals surface area contributed by atoms with E-state index in [1.807, 2.05) is 30.3 Å². The molecule has 19 heavy (non-hydrogen) atoms. The molecule has 0 bridgehead atoms. The van der Waals surface area contributed by atoms with Gasteiger partial charge in [-0.2, -0.15) is 10.4 Å². The van der Waals surface area contributed by atoms with Crippen LogP contribution < -0.4 is 0 Å². The highest BCUT2D eigenvalue weighted by Gasteiger charge is 2.05. The zero-order valence-corrected chi connectivity index (χ0v) is 10.0. The molecule has 3 rings (SSSR count). The summed E-state index contributed by atoms with van der Waals surface area (Å²) >= 11 is 0. The van der Waals surface area contributed by atoms with Crippen molar-refractivity contribution in [1.29, 1.82) is 5.26 Å². The van der Waals surface area contributed by atoms with E-state index < -0.39 is 0 Å². The molecular weight excluding hydrogens is 236 g/mol. The van der Waals surface area contributed by atoms with Crippen LogP contribution in [0.4, 0.5) is 0 Å². The number of nitrogens with one attached hydrogen (secondary N) is 1. The predicted molar refractivity (Wildman–Crippen MR) is 72.0 cm³/mol. The Morgan fingerprint density at radius 2 is 1.68 bits per heavy atom. The third-order valence-corrected chi connectivity index (χ3v) is 2.88. The number of hydrogen-bond acceptors (Lipinski definition) is 3. The number of hydrogen-bond donors (Lipinski definition) is 1. The number of H-pyrrole nitrogens is 1. The largest absolute Gasteiger partial charge is 0.277 e. The lowest BCUT2D eigenvalue weighted by Crippen LogP contribution is -1.78. The molecule has 0 aliphatic heterocycles. The van der Waals surface area contributed by atoms with Crippen LogP contribution in [-0.4, -0.2) is 15.2 Å². The maximum absolute atomic E-state index is 8.77. The van der Waals surface area contributed by atoms with Crippen molar-refractivity contribution in [2.24, 2.45) is 0 Å². The first-order valence-electron chi connectivity index (χ1n) is 5.83. The van der Waals surface area contributed by atoms with Gasteiger partial charge < -0.3 is 0 Å². The van der Waals surface area contributed by atoms with Gasteiger partial charge in [-0.1, -0.05) is 12.1 Å². The molecule has 3 aromatic rings. The SMILES string of the molecule is N#Cc1ccc(-c2cc(-c3ccncc3)[nH]n2)cc1. The highest BCUT2D eigenvalue weighted by atomic mass is 15.1. The van der Waals surface area contributed by atoms with Crippen molar-refractivity contribution in [3.63, 3.8) is 0 Å². The van der Waals surface area contributed by atoms with E-state index in [1.54, 1.807) is 24.5 Å². The van der Waals surface area contributed by atoms with E-state index in [-0.39, 0.29) is 0 Å². The second-order valence-electron chi connectivity index (χ2n) is 4.09. The molecule has 0 atom stereocenters. The quantitative estimate of drug-likeness (QED) is 0.755. The van der Waals surface area contributed by atoms with Gasteiger partial charge in [0.15, 0.2) is 0 Å². The number of nitriles is 1. The lowest BCUT2D eigenvalue weighted by molar-refractivity contribution is 1.10. The van der Waals surface area contributed by atoms with Crippen molar-refractivity contribution < 1.29 is 0 Å². The van der Waals surface area contributed by atoms with Gasteiger partial charge in [0.2, 0.25) is 0 Å². The average molecular weight is 246 g/mol. The van der Waals surface area contributed by atoms with Crippen molar-refractivity contribution in [3.05, 3.63) is 60.4 Å². The maximum Gasteiger partial charge on any atom is 0.0991 e. The Labute approximate surface area is 110 Å². The van der Waals surface area contributed by atoms with Gasteiger partial charge in [-0.25, -0.2) is 0 Å². The molecule has 4 nitrogen and oxygen atoms in total. The molecule has 0 amide bonds. The summed E-state index contributed by atoms with van der Waals surface area (Å²) < 4.78 is 0. The third kappa shape index (κ3) is 2.22. The van der Waals surface area contributed by atoms with Crippen LogP contribution in [0, 0.1) is 11.3 Å². The molecule has 1 aromatic carbocycles. The maximum atomic E-state index is 8.77. The lowest BCUT2D eigenvalue weighted by atomic mass is 10.1. The Bertz CT molecular complexity index is 721. The molecule has 0 aliphatic rings. The summed E-state index contributed by atoms with van der Waals surface area (Å²) in [5.74, 6) is 0. The predicted octanol–water partition coefficient (Wildman–Crippen LogP) is 3.01. The molecule has 0 saturated carbocycles. The van der Waals surface area contributed by atoms with Crippen LogP contribution in [0.3, 0.4) is 0 Å². The number of benzene rings is 1. The second kappa shape index (κ2) is 4.75. The fraction of sp³-hybridized carbons (Fsp3) is 0. The van der Waals surface area contributed by atoms with Gasteiger partial charge in [0.1, 0.15) is 0 Å². The van der Waals surface area contributed by atoms with Gasteiger partial charge in [0.25, 0.3) is 0 Å². The summed E-state index contributed by atoms with van der Waals surface area (Å²) in [7, 11) is 0. The fourth-order valence-corrected chi connectivity index (χ4v) is 1.86. The first-order valence-corrected chi connectivity index (χ1v) is 5.83. The van der Waals surface area contributed by atoms with Crippen LogP contribution >= 0.6 is 0 Å². The lowest BCUT2D eigenvalue weighted by Gasteiger charge is -1.95. The topological polar surface area (TPSA) is 65.4 Å². The van der Waals surface area contributed by atoms with E-state index >= 15 is 0 Å². The molecule has 0 spiro atoms. The fourth-order valence-electron chi connectivity index (χ4n) is 1.86. The monoisotopic (exact) mass is 246 g/mol. The molecule has 1 N–H and O–H groups in total. The van der Waals surface area contributed by atoms with Crippen LogP contribution in [0.2, 0.25) is 0 Å². The zero-order valence-electron chi connectivity index (χ0n) is 10.0. The second-order valence-corrected chi connectivity index (χ2v) is 4.09. The van der Waals surface area contributed by atoms with Gasteiger partial charge in [0.05, 0.1) is 23.0 Å². The van der Waals surface area contributed by atoms with Gasteiger partial charge in [-0.05, 0) is 30.3 Å². The van der Waals surface area contributed by atoms with E-state index in [2.05, 4.69) is 21.3 Å². The number of pyridine rings is 1. The van der Waals surface area contributed by atoms with Crippen molar-refractivity contribution in [1.82, 2.24) is 15.2 Å². The normalized spacial score (nSPS) is 10.1. The van der Waals surface area contributed by atoms with Gasteiger partial charge in [-0.15, -0.1) is 0 Å². The van der Waals surface area contributed by atoms with E-state index in [0.29, 0.717) is 5.56 Å². The molecular formula is C15H10N4. The molecule has 90 valence electrons. The van der Waals surface area contributed by atoms with Crippen molar-refractivity contribution in [2.45, 2.75) is 0 Å².